The highest BCUT2D eigenvalue weighted by Gasteiger charge is 2.19. The van der Waals surface area contributed by atoms with E-state index in [1.807, 2.05) is 13.8 Å². The van der Waals surface area contributed by atoms with Crippen LogP contribution in [-0.2, 0) is 11.3 Å². The lowest BCUT2D eigenvalue weighted by Crippen LogP contribution is -2.16. The van der Waals surface area contributed by atoms with E-state index in [1.54, 1.807) is 32.0 Å². The summed E-state index contributed by atoms with van der Waals surface area (Å²) in [6, 6.07) is 6.69. The first-order valence-electron chi connectivity index (χ1n) is 7.74. The van der Waals surface area contributed by atoms with E-state index in [0.717, 1.165) is 0 Å². The Morgan fingerprint density at radius 2 is 1.96 bits per heavy atom. The third-order valence-corrected chi connectivity index (χ3v) is 2.97. The Kier molecular flexibility index (Phi) is 5.68. The van der Waals surface area contributed by atoms with Gasteiger partial charge in [0.2, 0.25) is 5.88 Å². The van der Waals surface area contributed by atoms with Gasteiger partial charge in [0.15, 0.2) is 0 Å². The molecule has 0 fully saturated rings. The molecule has 0 aliphatic rings. The first-order valence-corrected chi connectivity index (χ1v) is 7.74. The number of esters is 1. The number of hydrogen-bond acceptors (Lipinski definition) is 6. The first-order chi connectivity index (χ1) is 11.4. The second kappa shape index (κ2) is 7.72. The van der Waals surface area contributed by atoms with Crippen LogP contribution in [0.3, 0.4) is 0 Å². The van der Waals surface area contributed by atoms with E-state index in [-0.39, 0.29) is 24.7 Å². The first kappa shape index (κ1) is 17.7. The number of carbonyl (C=O) groups excluding carboxylic acids is 1. The standard InChI is InChI=1S/C17H22N2O5/c1-11(2)23-15-7-5-6-13(17(20)24-12(3)4)14(15)10-22-16-8-9-19(21)18-16/h5-9,11-12,21H,10H2,1-4H3. The number of aromatic nitrogens is 2. The van der Waals surface area contributed by atoms with Crippen LogP contribution < -0.4 is 9.47 Å². The van der Waals surface area contributed by atoms with Gasteiger partial charge in [0.05, 0.1) is 24.0 Å². The van der Waals surface area contributed by atoms with Crippen molar-refractivity contribution in [3.63, 3.8) is 0 Å². The van der Waals surface area contributed by atoms with Crippen molar-refractivity contribution < 1.29 is 24.2 Å². The van der Waals surface area contributed by atoms with Gasteiger partial charge in [-0.05, 0) is 39.8 Å². The lowest BCUT2D eigenvalue weighted by atomic mass is 10.1. The zero-order chi connectivity index (χ0) is 17.7. The Morgan fingerprint density at radius 3 is 2.54 bits per heavy atom. The van der Waals surface area contributed by atoms with Crippen molar-refractivity contribution in [3.8, 4) is 11.6 Å². The van der Waals surface area contributed by atoms with Gasteiger partial charge in [-0.1, -0.05) is 11.2 Å². The Balaban J connectivity index is 2.30. The molecule has 0 aliphatic heterocycles. The lowest BCUT2D eigenvalue weighted by molar-refractivity contribution is 0.0373. The highest BCUT2D eigenvalue weighted by Crippen LogP contribution is 2.26. The zero-order valence-electron chi connectivity index (χ0n) is 14.2. The average molecular weight is 334 g/mol. The summed E-state index contributed by atoms with van der Waals surface area (Å²) in [5.41, 5.74) is 0.953. The molecular formula is C17H22N2O5. The van der Waals surface area contributed by atoms with Gasteiger partial charge in [0.1, 0.15) is 12.4 Å². The third-order valence-electron chi connectivity index (χ3n) is 2.97. The Morgan fingerprint density at radius 1 is 1.21 bits per heavy atom. The fourth-order valence-electron chi connectivity index (χ4n) is 2.07. The molecule has 1 heterocycles. The molecule has 0 atom stereocenters. The molecule has 130 valence electrons. The molecule has 1 aromatic carbocycles. The summed E-state index contributed by atoms with van der Waals surface area (Å²) in [5.74, 6) is 0.345. The van der Waals surface area contributed by atoms with Crippen LogP contribution in [0.1, 0.15) is 43.6 Å². The molecule has 2 rings (SSSR count). The summed E-state index contributed by atoms with van der Waals surface area (Å²) in [4.78, 5) is 13.0. The van der Waals surface area contributed by atoms with Crippen molar-refractivity contribution >= 4 is 5.97 Å². The molecule has 2 aromatic rings. The quantitative estimate of drug-likeness (QED) is 0.619. The number of benzene rings is 1. The molecule has 0 amide bonds. The predicted octanol–water partition coefficient (Wildman–Crippen LogP) is 3.05. The molecule has 0 saturated carbocycles. The Hall–Kier alpha value is -2.70. The van der Waals surface area contributed by atoms with Gasteiger partial charge in [-0.25, -0.2) is 4.79 Å². The average Bonchev–Trinajstić information content (AvgIpc) is 2.90. The highest BCUT2D eigenvalue weighted by atomic mass is 16.5. The smallest absolute Gasteiger partial charge is 0.338 e. The minimum atomic E-state index is -0.439. The van der Waals surface area contributed by atoms with Crippen LogP contribution in [0.15, 0.2) is 30.5 Å². The fourth-order valence-corrected chi connectivity index (χ4v) is 2.07. The summed E-state index contributed by atoms with van der Waals surface area (Å²) in [6.45, 7) is 7.43. The van der Waals surface area contributed by atoms with Gasteiger partial charge < -0.3 is 19.4 Å². The van der Waals surface area contributed by atoms with Crippen LogP contribution in [0.5, 0.6) is 11.6 Å². The molecule has 0 bridgehead atoms. The summed E-state index contributed by atoms with van der Waals surface area (Å²) in [7, 11) is 0. The summed E-state index contributed by atoms with van der Waals surface area (Å²) >= 11 is 0. The van der Waals surface area contributed by atoms with E-state index < -0.39 is 5.97 Å². The lowest BCUT2D eigenvalue weighted by Gasteiger charge is -2.17. The van der Waals surface area contributed by atoms with E-state index in [0.29, 0.717) is 21.7 Å². The summed E-state index contributed by atoms with van der Waals surface area (Å²) in [6.07, 6.45) is 1.06. The number of hydrogen-bond donors (Lipinski definition) is 1. The van der Waals surface area contributed by atoms with Crippen LogP contribution in [0.4, 0.5) is 0 Å². The maximum absolute atomic E-state index is 12.3. The molecule has 0 aliphatic carbocycles. The molecule has 0 unspecified atom stereocenters. The molecule has 7 heteroatoms. The van der Waals surface area contributed by atoms with Gasteiger partial charge in [0.25, 0.3) is 0 Å². The van der Waals surface area contributed by atoms with Crippen molar-refractivity contribution in [2.45, 2.75) is 46.5 Å². The summed E-state index contributed by atoms with van der Waals surface area (Å²) in [5, 5.41) is 12.9. The highest BCUT2D eigenvalue weighted by molar-refractivity contribution is 5.92. The number of nitrogens with zero attached hydrogens (tertiary/aromatic N) is 2. The van der Waals surface area contributed by atoms with Crippen molar-refractivity contribution in [1.29, 1.82) is 0 Å². The van der Waals surface area contributed by atoms with Crippen molar-refractivity contribution in [1.82, 2.24) is 9.94 Å². The van der Waals surface area contributed by atoms with E-state index in [2.05, 4.69) is 5.10 Å². The van der Waals surface area contributed by atoms with Gasteiger partial charge in [-0.15, -0.1) is 4.85 Å². The van der Waals surface area contributed by atoms with E-state index in [1.165, 1.54) is 12.3 Å². The summed E-state index contributed by atoms with van der Waals surface area (Å²) < 4.78 is 16.6. The van der Waals surface area contributed by atoms with Crippen molar-refractivity contribution in [3.05, 3.63) is 41.6 Å². The van der Waals surface area contributed by atoms with E-state index >= 15 is 0 Å². The minimum Gasteiger partial charge on any atom is -0.491 e. The van der Waals surface area contributed by atoms with Crippen LogP contribution >= 0.6 is 0 Å². The molecule has 0 saturated heterocycles. The van der Waals surface area contributed by atoms with Gasteiger partial charge in [-0.3, -0.25) is 0 Å². The second-order valence-electron chi connectivity index (χ2n) is 5.77. The molecule has 1 aromatic heterocycles. The van der Waals surface area contributed by atoms with Gasteiger partial charge >= 0.3 is 5.97 Å². The van der Waals surface area contributed by atoms with Gasteiger partial charge in [-0.2, -0.15) is 0 Å². The monoisotopic (exact) mass is 334 g/mol. The van der Waals surface area contributed by atoms with Crippen LogP contribution in [0.2, 0.25) is 0 Å². The topological polar surface area (TPSA) is 82.8 Å². The third kappa shape index (κ3) is 4.65. The second-order valence-corrected chi connectivity index (χ2v) is 5.77. The molecule has 1 N–H and O–H groups in total. The maximum atomic E-state index is 12.3. The van der Waals surface area contributed by atoms with E-state index in [4.69, 9.17) is 14.2 Å². The van der Waals surface area contributed by atoms with Crippen LogP contribution in [0, 0.1) is 0 Å². The Labute approximate surface area is 140 Å². The normalized spacial score (nSPS) is 10.9. The minimum absolute atomic E-state index is 0.0580. The van der Waals surface area contributed by atoms with Gasteiger partial charge in [0, 0.05) is 11.6 Å². The number of carbonyl (C=O) groups is 1. The molecular weight excluding hydrogens is 312 g/mol. The largest absolute Gasteiger partial charge is 0.491 e. The fraction of sp³-hybridized carbons (Fsp3) is 0.412. The van der Waals surface area contributed by atoms with Crippen LogP contribution in [0.25, 0.3) is 0 Å². The predicted molar refractivity (Wildman–Crippen MR) is 86.5 cm³/mol. The molecule has 24 heavy (non-hydrogen) atoms. The SMILES string of the molecule is CC(C)OC(=O)c1cccc(OC(C)C)c1COc1ccn(O)n1. The molecule has 7 nitrogen and oxygen atoms in total. The maximum Gasteiger partial charge on any atom is 0.338 e. The Bertz CT molecular complexity index is 694. The molecule has 0 radical (unpaired) electrons. The zero-order valence-corrected chi connectivity index (χ0v) is 14.2. The number of ether oxygens (including phenoxy) is 3. The molecule has 0 spiro atoms. The van der Waals surface area contributed by atoms with E-state index in [9.17, 15) is 10.0 Å². The van der Waals surface area contributed by atoms with Crippen molar-refractivity contribution in [2.75, 3.05) is 0 Å². The van der Waals surface area contributed by atoms with Crippen molar-refractivity contribution in [2.24, 2.45) is 0 Å². The number of rotatable bonds is 7. The van der Waals surface area contributed by atoms with Crippen LogP contribution in [-0.4, -0.2) is 33.3 Å².